The van der Waals surface area contributed by atoms with Crippen LogP contribution in [0.1, 0.15) is 23.2 Å². The first kappa shape index (κ1) is 28.1. The maximum atomic E-state index is 13.9. The number of anilines is 2. The molecule has 0 saturated carbocycles. The van der Waals surface area contributed by atoms with Crippen molar-refractivity contribution in [3.63, 3.8) is 0 Å². The highest BCUT2D eigenvalue weighted by Gasteiger charge is 2.28. The van der Waals surface area contributed by atoms with E-state index < -0.39 is 32.3 Å². The van der Waals surface area contributed by atoms with Crippen LogP contribution in [0.15, 0.2) is 58.3 Å². The molecule has 10 nitrogen and oxygen atoms in total. The van der Waals surface area contributed by atoms with Gasteiger partial charge in [0.15, 0.2) is 0 Å². The lowest BCUT2D eigenvalue weighted by Crippen LogP contribution is -2.37. The van der Waals surface area contributed by atoms with Crippen LogP contribution in [0.5, 0.6) is 0 Å². The number of hydrogen-bond acceptors (Lipinski definition) is 8. The highest BCUT2D eigenvalue weighted by molar-refractivity contribution is 7.91. The third-order valence-corrected chi connectivity index (χ3v) is 9.33. The fourth-order valence-electron chi connectivity index (χ4n) is 5.47. The predicted octanol–water partition coefficient (Wildman–Crippen LogP) is 3.87. The van der Waals surface area contributed by atoms with Gasteiger partial charge in [-0.25, -0.2) is 17.2 Å². The Morgan fingerprint density at radius 3 is 2.33 bits per heavy atom. The van der Waals surface area contributed by atoms with E-state index in [9.17, 15) is 22.0 Å². The second-order valence-electron chi connectivity index (χ2n) is 10.3. The molecule has 3 aromatic carbocycles. The van der Waals surface area contributed by atoms with Crippen LogP contribution in [-0.2, 0) is 19.3 Å². The Bertz CT molecular complexity index is 1750. The SMILES string of the molecule is NC(=O)c1ccc(N2CCOCC2)c(-c2n[nH]c3ccc(S(=O)(=O)c4cc(F)cc(F)c4)cc23)c1NC1CCOCC1. The normalized spacial score (nSPS) is 16.6. The standard InChI is InChI=1S/C29H29F2N5O5S/c30-17-13-18(31)15-21(14-17)42(38,39)20-1-3-24-23(16-20)28(35-34-24)26-25(36-7-11-41-12-8-36)4-2-22(29(32)37)27(26)33-19-5-9-40-10-6-19/h1-4,13-16,19,33H,5-12H2,(H2,32,37)(H,34,35). The summed E-state index contributed by atoms with van der Waals surface area (Å²) in [5.41, 5.74) is 8.88. The zero-order chi connectivity index (χ0) is 29.4. The molecular formula is C29H29F2N5O5S. The Kier molecular flexibility index (Phi) is 7.56. The van der Waals surface area contributed by atoms with Crippen molar-refractivity contribution in [1.29, 1.82) is 0 Å². The van der Waals surface area contributed by atoms with E-state index >= 15 is 0 Å². The summed E-state index contributed by atoms with van der Waals surface area (Å²) in [5, 5.41) is 11.5. The number of hydrogen-bond donors (Lipinski definition) is 3. The molecule has 0 radical (unpaired) electrons. The third-order valence-electron chi connectivity index (χ3n) is 7.60. The molecule has 0 aliphatic carbocycles. The average molecular weight is 598 g/mol. The van der Waals surface area contributed by atoms with Gasteiger partial charge in [-0.1, -0.05) is 0 Å². The molecular weight excluding hydrogens is 568 g/mol. The Morgan fingerprint density at radius 2 is 1.64 bits per heavy atom. The number of rotatable bonds is 7. The molecule has 2 fully saturated rings. The molecule has 4 N–H and O–H groups in total. The van der Waals surface area contributed by atoms with Crippen LogP contribution in [0, 0.1) is 11.6 Å². The first-order chi connectivity index (χ1) is 20.2. The number of ether oxygens (including phenoxy) is 2. The van der Waals surface area contributed by atoms with Crippen molar-refractivity contribution in [2.75, 3.05) is 49.7 Å². The highest BCUT2D eigenvalue weighted by atomic mass is 32.2. The molecule has 1 amide bonds. The molecule has 0 spiro atoms. The van der Waals surface area contributed by atoms with Crippen molar-refractivity contribution in [3.8, 4) is 11.3 Å². The summed E-state index contributed by atoms with van der Waals surface area (Å²) in [7, 11) is -4.29. The van der Waals surface area contributed by atoms with Gasteiger partial charge in [-0.3, -0.25) is 9.89 Å². The van der Waals surface area contributed by atoms with Crippen molar-refractivity contribution < 1.29 is 31.5 Å². The van der Waals surface area contributed by atoms with E-state index in [2.05, 4.69) is 20.4 Å². The average Bonchev–Trinajstić information content (AvgIpc) is 3.40. The number of aromatic amines is 1. The fraction of sp³-hybridized carbons (Fsp3) is 0.310. The number of nitrogens with two attached hydrogens (primary N) is 1. The highest BCUT2D eigenvalue weighted by Crippen LogP contribution is 2.43. The molecule has 0 bridgehead atoms. The van der Waals surface area contributed by atoms with Gasteiger partial charge in [0.1, 0.15) is 17.3 Å². The Morgan fingerprint density at radius 1 is 0.952 bits per heavy atom. The van der Waals surface area contributed by atoms with Crippen LogP contribution in [0.25, 0.3) is 22.2 Å². The Labute approximate surface area is 240 Å². The minimum absolute atomic E-state index is 0.000410. The van der Waals surface area contributed by atoms with Gasteiger partial charge in [0.2, 0.25) is 9.84 Å². The fourth-order valence-corrected chi connectivity index (χ4v) is 6.80. The molecule has 4 aromatic rings. The lowest BCUT2D eigenvalue weighted by Gasteiger charge is -2.33. The number of primary amides is 1. The van der Waals surface area contributed by atoms with Gasteiger partial charge in [-0.05, 0) is 55.3 Å². The first-order valence-corrected chi connectivity index (χ1v) is 15.0. The number of nitrogens with zero attached hydrogens (tertiary/aromatic N) is 2. The van der Waals surface area contributed by atoms with Crippen molar-refractivity contribution in [2.24, 2.45) is 5.73 Å². The number of nitrogens with one attached hydrogen (secondary N) is 2. The number of sulfone groups is 1. The third kappa shape index (κ3) is 5.30. The quantitative estimate of drug-likeness (QED) is 0.292. The van der Waals surface area contributed by atoms with Crippen LogP contribution in [0.4, 0.5) is 20.2 Å². The van der Waals surface area contributed by atoms with E-state index in [4.69, 9.17) is 15.2 Å². The number of aromatic nitrogens is 2. The Hall–Kier alpha value is -4.07. The van der Waals surface area contributed by atoms with Crippen molar-refractivity contribution in [1.82, 2.24) is 10.2 Å². The van der Waals surface area contributed by atoms with Crippen LogP contribution >= 0.6 is 0 Å². The van der Waals surface area contributed by atoms with Gasteiger partial charge >= 0.3 is 0 Å². The zero-order valence-corrected chi connectivity index (χ0v) is 23.3. The number of benzene rings is 3. The molecule has 2 aliphatic heterocycles. The smallest absolute Gasteiger partial charge is 0.250 e. The molecule has 220 valence electrons. The maximum Gasteiger partial charge on any atom is 0.250 e. The summed E-state index contributed by atoms with van der Waals surface area (Å²) < 4.78 is 65.9. The summed E-state index contributed by atoms with van der Waals surface area (Å²) in [6, 6.07) is 9.99. The summed E-state index contributed by atoms with van der Waals surface area (Å²) in [4.78, 5) is 14.1. The summed E-state index contributed by atoms with van der Waals surface area (Å²) in [5.74, 6) is -2.63. The zero-order valence-electron chi connectivity index (χ0n) is 22.5. The van der Waals surface area contributed by atoms with Crippen LogP contribution in [0.3, 0.4) is 0 Å². The molecule has 2 aliphatic rings. The molecule has 0 atom stereocenters. The molecule has 3 heterocycles. The van der Waals surface area contributed by atoms with E-state index in [-0.39, 0.29) is 16.5 Å². The van der Waals surface area contributed by atoms with Gasteiger partial charge in [-0.15, -0.1) is 0 Å². The minimum Gasteiger partial charge on any atom is -0.381 e. The van der Waals surface area contributed by atoms with Crippen LogP contribution in [0.2, 0.25) is 0 Å². The van der Waals surface area contributed by atoms with E-state index in [1.807, 2.05) is 6.07 Å². The van der Waals surface area contributed by atoms with Gasteiger partial charge in [-0.2, -0.15) is 5.10 Å². The summed E-state index contributed by atoms with van der Waals surface area (Å²) in [6.07, 6.45) is 1.43. The lowest BCUT2D eigenvalue weighted by molar-refractivity contribution is 0.0904. The van der Waals surface area contributed by atoms with Gasteiger partial charge in [0.05, 0.1) is 45.3 Å². The number of carbonyl (C=O) groups is 1. The predicted molar refractivity (Wildman–Crippen MR) is 152 cm³/mol. The molecule has 0 unspecified atom stereocenters. The largest absolute Gasteiger partial charge is 0.381 e. The van der Waals surface area contributed by atoms with Gasteiger partial charge in [0.25, 0.3) is 5.91 Å². The van der Waals surface area contributed by atoms with Crippen LogP contribution < -0.4 is 16.0 Å². The molecule has 13 heteroatoms. The van der Waals surface area contributed by atoms with E-state index in [0.29, 0.717) is 86.3 Å². The molecule has 1 aromatic heterocycles. The van der Waals surface area contributed by atoms with Crippen molar-refractivity contribution >= 4 is 38.0 Å². The second-order valence-corrected chi connectivity index (χ2v) is 12.2. The number of carbonyl (C=O) groups excluding carboxylic acids is 1. The Balaban J connectivity index is 1.56. The van der Waals surface area contributed by atoms with E-state index in [0.717, 1.165) is 17.8 Å². The number of morpholine rings is 1. The van der Waals surface area contributed by atoms with E-state index in [1.165, 1.54) is 12.1 Å². The number of fused-ring (bicyclic) bond motifs is 1. The summed E-state index contributed by atoms with van der Waals surface area (Å²) in [6.45, 7) is 3.32. The van der Waals surface area contributed by atoms with Gasteiger partial charge in [0, 0.05) is 49.5 Å². The van der Waals surface area contributed by atoms with Crippen molar-refractivity contribution in [2.45, 2.75) is 28.7 Å². The molecule has 2 saturated heterocycles. The first-order valence-electron chi connectivity index (χ1n) is 13.6. The van der Waals surface area contributed by atoms with Gasteiger partial charge < -0.3 is 25.4 Å². The van der Waals surface area contributed by atoms with E-state index in [1.54, 1.807) is 12.1 Å². The van der Waals surface area contributed by atoms with Crippen LogP contribution in [-0.4, -0.2) is 70.1 Å². The molecule has 42 heavy (non-hydrogen) atoms. The second kappa shape index (κ2) is 11.3. The molecule has 6 rings (SSSR count). The number of H-pyrrole nitrogens is 1. The minimum atomic E-state index is -4.29. The lowest BCUT2D eigenvalue weighted by atomic mass is 9.96. The summed E-state index contributed by atoms with van der Waals surface area (Å²) >= 11 is 0. The number of halogens is 2. The monoisotopic (exact) mass is 597 g/mol. The van der Waals surface area contributed by atoms with Crippen molar-refractivity contribution in [3.05, 3.63) is 65.7 Å². The number of amides is 1. The maximum absolute atomic E-state index is 13.9. The topological polar surface area (TPSA) is 140 Å².